The van der Waals surface area contributed by atoms with E-state index in [1.165, 1.54) is 19.2 Å². The first-order chi connectivity index (χ1) is 12.6. The molecular weight excluding hydrogens is 348 g/mol. The molecule has 0 aromatic heterocycles. The number of hydrogen-bond acceptors (Lipinski definition) is 6. The summed E-state index contributed by atoms with van der Waals surface area (Å²) < 4.78 is 4.96. The highest BCUT2D eigenvalue weighted by Crippen LogP contribution is 2.48. The molecule has 0 bridgehead atoms. The topological polar surface area (TPSA) is 98.9 Å². The molecule has 0 fully saturated rings. The van der Waals surface area contributed by atoms with Crippen LogP contribution >= 0.6 is 0 Å². The molecule has 1 unspecified atom stereocenters. The van der Waals surface area contributed by atoms with Crippen LogP contribution in [0.4, 0.5) is 5.69 Å². The van der Waals surface area contributed by atoms with E-state index in [9.17, 15) is 19.7 Å². The maximum absolute atomic E-state index is 13.0. The van der Waals surface area contributed by atoms with Crippen molar-refractivity contribution in [1.82, 2.24) is 0 Å². The Morgan fingerprint density at radius 1 is 1.33 bits per heavy atom. The smallest absolute Gasteiger partial charge is 0.315 e. The van der Waals surface area contributed by atoms with E-state index in [1.54, 1.807) is 19.1 Å². The molecule has 0 saturated carbocycles. The number of hydrogen-bond donors (Lipinski definition) is 0. The molecule has 142 valence electrons. The molecule has 7 nitrogen and oxygen atoms in total. The minimum absolute atomic E-state index is 0.0668. The zero-order valence-electron chi connectivity index (χ0n) is 15.8. The fraction of sp³-hybridized carbons (Fsp3) is 0.450. The van der Waals surface area contributed by atoms with Crippen molar-refractivity contribution in [2.24, 2.45) is 16.3 Å². The van der Waals surface area contributed by atoms with Crippen LogP contribution in [-0.2, 0) is 14.3 Å². The van der Waals surface area contributed by atoms with Gasteiger partial charge >= 0.3 is 5.97 Å². The third kappa shape index (κ3) is 3.41. The highest BCUT2D eigenvalue weighted by molar-refractivity contribution is 6.09. The Morgan fingerprint density at radius 2 is 2.04 bits per heavy atom. The SMILES string of the molecule is COC(=O)C1C(C)=NC2=C(C(=O)CC(C)(C)C2)[C@H]1c1cccc([N+](=O)[O-])c1. The van der Waals surface area contributed by atoms with Crippen LogP contribution in [0.15, 0.2) is 40.5 Å². The van der Waals surface area contributed by atoms with Crippen molar-refractivity contribution < 1.29 is 19.2 Å². The van der Waals surface area contributed by atoms with Gasteiger partial charge in [-0.15, -0.1) is 0 Å². The molecule has 0 radical (unpaired) electrons. The van der Waals surface area contributed by atoms with Gasteiger partial charge in [0.05, 0.1) is 12.0 Å². The lowest BCUT2D eigenvalue weighted by molar-refractivity contribution is -0.384. The molecule has 0 saturated heterocycles. The lowest BCUT2D eigenvalue weighted by atomic mass is 9.67. The Bertz CT molecular complexity index is 897. The number of benzene rings is 1. The Balaban J connectivity index is 2.22. The van der Waals surface area contributed by atoms with Gasteiger partial charge in [0, 0.05) is 41.5 Å². The molecule has 0 N–H and O–H groups in total. The fourth-order valence-electron chi connectivity index (χ4n) is 4.07. The predicted molar refractivity (Wildman–Crippen MR) is 99.5 cm³/mol. The molecule has 7 heteroatoms. The second kappa shape index (κ2) is 6.72. The molecule has 1 aromatic rings. The summed E-state index contributed by atoms with van der Waals surface area (Å²) in [6.45, 7) is 5.75. The molecule has 2 aliphatic rings. The zero-order valence-corrected chi connectivity index (χ0v) is 15.8. The number of ketones is 1. The summed E-state index contributed by atoms with van der Waals surface area (Å²) in [5, 5.41) is 11.2. The van der Waals surface area contributed by atoms with Gasteiger partial charge in [0.1, 0.15) is 5.92 Å². The molecule has 1 aliphatic heterocycles. The average molecular weight is 370 g/mol. The summed E-state index contributed by atoms with van der Waals surface area (Å²) in [4.78, 5) is 40.8. The van der Waals surface area contributed by atoms with Crippen molar-refractivity contribution in [2.75, 3.05) is 7.11 Å². The number of aliphatic imine (C=N–C) groups is 1. The Morgan fingerprint density at radius 3 is 2.67 bits per heavy atom. The van der Waals surface area contributed by atoms with E-state index in [0.717, 1.165) is 0 Å². The maximum atomic E-state index is 13.0. The largest absolute Gasteiger partial charge is 0.468 e. The van der Waals surface area contributed by atoms with Gasteiger partial charge < -0.3 is 4.74 Å². The van der Waals surface area contributed by atoms with Crippen LogP contribution in [0.1, 0.15) is 45.1 Å². The molecule has 3 rings (SSSR count). The van der Waals surface area contributed by atoms with Crippen LogP contribution in [0.5, 0.6) is 0 Å². The van der Waals surface area contributed by atoms with Crippen LogP contribution in [-0.4, -0.2) is 29.5 Å². The number of non-ortho nitro benzene ring substituents is 1. The number of ether oxygens (including phenoxy) is 1. The van der Waals surface area contributed by atoms with Crippen LogP contribution in [0, 0.1) is 21.4 Å². The van der Waals surface area contributed by atoms with Crippen molar-refractivity contribution in [3.8, 4) is 0 Å². The number of carbonyl (C=O) groups excluding carboxylic acids is 2. The summed E-state index contributed by atoms with van der Waals surface area (Å²) >= 11 is 0. The lowest BCUT2D eigenvalue weighted by Crippen LogP contribution is -2.39. The van der Waals surface area contributed by atoms with Gasteiger partial charge in [0.15, 0.2) is 5.78 Å². The Hall–Kier alpha value is -2.83. The quantitative estimate of drug-likeness (QED) is 0.460. The average Bonchev–Trinajstić information content (AvgIpc) is 2.58. The van der Waals surface area contributed by atoms with Crippen LogP contribution in [0.25, 0.3) is 0 Å². The zero-order chi connectivity index (χ0) is 19.9. The van der Waals surface area contributed by atoms with Gasteiger partial charge in [-0.25, -0.2) is 0 Å². The van der Waals surface area contributed by atoms with E-state index in [4.69, 9.17) is 4.74 Å². The number of carbonyl (C=O) groups is 2. The number of allylic oxidation sites excluding steroid dienone is 2. The van der Waals surface area contributed by atoms with E-state index in [2.05, 4.69) is 4.99 Å². The molecule has 1 aliphatic carbocycles. The van der Waals surface area contributed by atoms with E-state index in [-0.39, 0.29) is 16.9 Å². The maximum Gasteiger partial charge on any atom is 0.315 e. The van der Waals surface area contributed by atoms with E-state index in [1.807, 2.05) is 13.8 Å². The standard InChI is InChI=1S/C20H22N2O5/c1-11-16(19(24)27-4)17(12-6-5-7-13(8-12)22(25)26)18-14(21-11)9-20(2,3)10-15(18)23/h5-8,16-17H,9-10H2,1-4H3/t16?,17-/m0/s1. The van der Waals surface area contributed by atoms with Gasteiger partial charge in [-0.05, 0) is 24.3 Å². The number of nitro groups is 1. The van der Waals surface area contributed by atoms with Gasteiger partial charge in [0.2, 0.25) is 0 Å². The highest BCUT2D eigenvalue weighted by Gasteiger charge is 2.46. The summed E-state index contributed by atoms with van der Waals surface area (Å²) in [6.07, 6.45) is 0.963. The minimum Gasteiger partial charge on any atom is -0.468 e. The molecular formula is C20H22N2O5. The van der Waals surface area contributed by atoms with Crippen molar-refractivity contribution in [2.45, 2.75) is 39.5 Å². The van der Waals surface area contributed by atoms with Gasteiger partial charge in [0.25, 0.3) is 5.69 Å². The summed E-state index contributed by atoms with van der Waals surface area (Å²) in [5.74, 6) is -1.98. The molecule has 0 amide bonds. The second-order valence-electron chi connectivity index (χ2n) is 7.89. The monoisotopic (exact) mass is 370 g/mol. The van der Waals surface area contributed by atoms with Gasteiger partial charge in [-0.2, -0.15) is 0 Å². The number of methoxy groups -OCH3 is 1. The van der Waals surface area contributed by atoms with Crippen LogP contribution in [0.3, 0.4) is 0 Å². The van der Waals surface area contributed by atoms with E-state index in [0.29, 0.717) is 35.4 Å². The summed E-state index contributed by atoms with van der Waals surface area (Å²) in [5.41, 5.74) is 1.96. The lowest BCUT2D eigenvalue weighted by Gasteiger charge is -2.38. The number of nitrogens with zero attached hydrogens (tertiary/aromatic N) is 2. The van der Waals surface area contributed by atoms with E-state index < -0.39 is 22.7 Å². The first-order valence-corrected chi connectivity index (χ1v) is 8.78. The van der Waals surface area contributed by atoms with Crippen molar-refractivity contribution >= 4 is 23.2 Å². The van der Waals surface area contributed by atoms with Crippen molar-refractivity contribution in [3.05, 3.63) is 51.2 Å². The molecule has 27 heavy (non-hydrogen) atoms. The number of nitro benzene ring substituents is 1. The van der Waals surface area contributed by atoms with Gasteiger partial charge in [-0.1, -0.05) is 26.0 Å². The highest BCUT2D eigenvalue weighted by atomic mass is 16.6. The number of esters is 1. The summed E-state index contributed by atoms with van der Waals surface area (Å²) in [7, 11) is 1.29. The normalized spacial score (nSPS) is 24.1. The number of rotatable bonds is 3. The van der Waals surface area contributed by atoms with Crippen LogP contribution in [0.2, 0.25) is 0 Å². The minimum atomic E-state index is -0.777. The van der Waals surface area contributed by atoms with Crippen LogP contribution < -0.4 is 0 Å². The Kier molecular flexibility index (Phi) is 4.71. The third-order valence-electron chi connectivity index (χ3n) is 5.20. The predicted octanol–water partition coefficient (Wildman–Crippen LogP) is 3.59. The number of Topliss-reactive ketones (excluding diaryl/α,β-unsaturated/α-hetero) is 1. The van der Waals surface area contributed by atoms with Gasteiger partial charge in [-0.3, -0.25) is 24.7 Å². The molecule has 1 heterocycles. The summed E-state index contributed by atoms with van der Waals surface area (Å²) in [6, 6.07) is 6.10. The first kappa shape index (κ1) is 18.9. The molecule has 2 atom stereocenters. The second-order valence-corrected chi connectivity index (χ2v) is 7.89. The molecule has 0 spiro atoms. The third-order valence-corrected chi connectivity index (χ3v) is 5.20. The van der Waals surface area contributed by atoms with E-state index >= 15 is 0 Å². The fourth-order valence-corrected chi connectivity index (χ4v) is 4.07. The van der Waals surface area contributed by atoms with Crippen molar-refractivity contribution in [3.63, 3.8) is 0 Å². The Labute approximate surface area is 157 Å². The first-order valence-electron chi connectivity index (χ1n) is 8.78. The molecule has 1 aromatic carbocycles. The van der Waals surface area contributed by atoms with Crippen molar-refractivity contribution in [1.29, 1.82) is 0 Å².